The van der Waals surface area contributed by atoms with Gasteiger partial charge in [-0.3, -0.25) is 4.98 Å². The van der Waals surface area contributed by atoms with Crippen LogP contribution in [0, 0.1) is 13.8 Å². The second-order valence-corrected chi connectivity index (χ2v) is 8.72. The summed E-state index contributed by atoms with van der Waals surface area (Å²) in [6.07, 6.45) is 4.20. The Kier molecular flexibility index (Phi) is 5.30. The number of nitrogens with zero attached hydrogens (tertiary/aromatic N) is 1. The van der Waals surface area contributed by atoms with Gasteiger partial charge < -0.3 is 4.42 Å². The molecule has 0 aliphatic carbocycles. The van der Waals surface area contributed by atoms with E-state index in [2.05, 4.69) is 94.4 Å². The summed E-state index contributed by atoms with van der Waals surface area (Å²) in [5, 5.41) is 2.32. The predicted octanol–water partition coefficient (Wildman–Crippen LogP) is 8.84. The number of hydrogen-bond donors (Lipinski definition) is 0. The minimum atomic E-state index is 0.558. The molecule has 0 bridgehead atoms. The largest absolute Gasteiger partial charge is 0.455 e. The highest BCUT2D eigenvalue weighted by molar-refractivity contribution is 6.15. The molecule has 2 heterocycles. The number of hydrogen-bond acceptors (Lipinski definition) is 2. The SMILES string of the molecule is CCC(CC)c1ccnc(-c2cccc3c2oc2cccc(-c4c(C)cccc4C)c23)c1. The molecule has 0 saturated carbocycles. The van der Waals surface area contributed by atoms with Crippen molar-refractivity contribution in [1.29, 1.82) is 0 Å². The Balaban J connectivity index is 1.77. The molecule has 0 spiro atoms. The molecule has 0 radical (unpaired) electrons. The van der Waals surface area contributed by atoms with Crippen molar-refractivity contribution in [3.63, 3.8) is 0 Å². The number of aromatic nitrogens is 1. The molecule has 32 heavy (non-hydrogen) atoms. The highest BCUT2D eigenvalue weighted by Gasteiger charge is 2.18. The van der Waals surface area contributed by atoms with Crippen LogP contribution in [-0.2, 0) is 0 Å². The molecule has 0 fully saturated rings. The first kappa shape index (κ1) is 20.5. The lowest BCUT2D eigenvalue weighted by atomic mass is 9.91. The first-order chi connectivity index (χ1) is 15.6. The van der Waals surface area contributed by atoms with Gasteiger partial charge in [0, 0.05) is 22.5 Å². The summed E-state index contributed by atoms with van der Waals surface area (Å²) in [4.78, 5) is 4.73. The van der Waals surface area contributed by atoms with Crippen LogP contribution in [0.5, 0.6) is 0 Å². The van der Waals surface area contributed by atoms with Crippen molar-refractivity contribution < 1.29 is 4.42 Å². The molecule has 0 amide bonds. The van der Waals surface area contributed by atoms with Crippen LogP contribution in [0.4, 0.5) is 0 Å². The Morgan fingerprint density at radius 1 is 0.812 bits per heavy atom. The van der Waals surface area contributed by atoms with Gasteiger partial charge in [-0.25, -0.2) is 0 Å². The number of para-hydroxylation sites is 1. The Bertz CT molecular complexity index is 1400. The zero-order valence-electron chi connectivity index (χ0n) is 19.3. The third-order valence-corrected chi connectivity index (χ3v) is 6.79. The van der Waals surface area contributed by atoms with Crippen LogP contribution in [0.15, 0.2) is 77.3 Å². The number of aryl methyl sites for hydroxylation is 2. The van der Waals surface area contributed by atoms with E-state index >= 15 is 0 Å². The summed E-state index contributed by atoms with van der Waals surface area (Å²) in [5.74, 6) is 0.558. The first-order valence-corrected chi connectivity index (χ1v) is 11.6. The Morgan fingerprint density at radius 3 is 2.25 bits per heavy atom. The maximum Gasteiger partial charge on any atom is 0.144 e. The van der Waals surface area contributed by atoms with Gasteiger partial charge in [0.1, 0.15) is 11.2 Å². The fraction of sp³-hybridized carbons (Fsp3) is 0.233. The molecular weight excluding hydrogens is 390 g/mol. The van der Waals surface area contributed by atoms with E-state index < -0.39 is 0 Å². The first-order valence-electron chi connectivity index (χ1n) is 11.6. The zero-order chi connectivity index (χ0) is 22.2. The van der Waals surface area contributed by atoms with Crippen molar-refractivity contribution >= 4 is 21.9 Å². The number of furan rings is 1. The van der Waals surface area contributed by atoms with Crippen LogP contribution in [0.2, 0.25) is 0 Å². The van der Waals surface area contributed by atoms with E-state index in [4.69, 9.17) is 9.40 Å². The van der Waals surface area contributed by atoms with Crippen LogP contribution in [0.3, 0.4) is 0 Å². The molecule has 5 aromatic rings. The van der Waals surface area contributed by atoms with Crippen molar-refractivity contribution in [1.82, 2.24) is 4.98 Å². The fourth-order valence-corrected chi connectivity index (χ4v) is 5.11. The van der Waals surface area contributed by atoms with Crippen LogP contribution < -0.4 is 0 Å². The average molecular weight is 420 g/mol. The van der Waals surface area contributed by atoms with Gasteiger partial charge >= 0.3 is 0 Å². The van der Waals surface area contributed by atoms with Crippen LogP contribution in [0.1, 0.15) is 49.3 Å². The predicted molar refractivity (Wildman–Crippen MR) is 135 cm³/mol. The Labute approximate surface area is 189 Å². The third-order valence-electron chi connectivity index (χ3n) is 6.79. The molecule has 0 unspecified atom stereocenters. The van der Waals surface area contributed by atoms with Gasteiger partial charge in [-0.05, 0) is 84.7 Å². The zero-order valence-corrected chi connectivity index (χ0v) is 19.3. The topological polar surface area (TPSA) is 26.0 Å². The molecule has 2 heteroatoms. The van der Waals surface area contributed by atoms with Crippen molar-refractivity contribution in [3.8, 4) is 22.4 Å². The molecule has 3 aromatic carbocycles. The molecule has 5 rings (SSSR count). The van der Waals surface area contributed by atoms with E-state index in [1.165, 1.54) is 33.2 Å². The number of benzene rings is 3. The average Bonchev–Trinajstić information content (AvgIpc) is 3.19. The second kappa shape index (κ2) is 8.27. The van der Waals surface area contributed by atoms with Gasteiger partial charge in [0.2, 0.25) is 0 Å². The van der Waals surface area contributed by atoms with E-state index in [-0.39, 0.29) is 0 Å². The Hall–Kier alpha value is -3.39. The molecule has 0 aliphatic heterocycles. The van der Waals surface area contributed by atoms with E-state index in [1.807, 2.05) is 6.20 Å². The molecule has 2 aromatic heterocycles. The highest BCUT2D eigenvalue weighted by atomic mass is 16.3. The molecule has 0 N–H and O–H groups in total. The molecule has 160 valence electrons. The number of fused-ring (bicyclic) bond motifs is 3. The summed E-state index contributed by atoms with van der Waals surface area (Å²) in [6, 6.07) is 23.7. The lowest BCUT2D eigenvalue weighted by molar-refractivity contribution is 0.641. The maximum atomic E-state index is 6.49. The maximum absolute atomic E-state index is 6.49. The quantitative estimate of drug-likeness (QED) is 0.284. The van der Waals surface area contributed by atoms with Gasteiger partial charge in [0.15, 0.2) is 0 Å². The third kappa shape index (κ3) is 3.31. The van der Waals surface area contributed by atoms with Crippen LogP contribution in [-0.4, -0.2) is 4.98 Å². The van der Waals surface area contributed by atoms with E-state index in [1.54, 1.807) is 0 Å². The van der Waals surface area contributed by atoms with Crippen LogP contribution in [0.25, 0.3) is 44.3 Å². The van der Waals surface area contributed by atoms with Crippen molar-refractivity contribution in [3.05, 3.63) is 89.6 Å². The minimum Gasteiger partial charge on any atom is -0.455 e. The van der Waals surface area contributed by atoms with E-state index in [0.717, 1.165) is 40.7 Å². The molecule has 2 nitrogen and oxygen atoms in total. The number of pyridine rings is 1. The lowest BCUT2D eigenvalue weighted by Crippen LogP contribution is -1.96. The van der Waals surface area contributed by atoms with E-state index in [9.17, 15) is 0 Å². The van der Waals surface area contributed by atoms with Gasteiger partial charge in [-0.1, -0.05) is 56.3 Å². The minimum absolute atomic E-state index is 0.558. The van der Waals surface area contributed by atoms with Gasteiger partial charge in [0.25, 0.3) is 0 Å². The van der Waals surface area contributed by atoms with Crippen molar-refractivity contribution in [2.24, 2.45) is 0 Å². The molecule has 0 saturated heterocycles. The van der Waals surface area contributed by atoms with Crippen LogP contribution >= 0.6 is 0 Å². The molecule has 0 atom stereocenters. The standard InChI is InChI=1S/C30H29NO/c1-5-21(6-2)22-16-17-31-26(18-22)23-12-8-14-25-29-24(13-9-15-27(29)32-30(23)25)28-19(3)10-7-11-20(28)4/h7-18,21H,5-6H2,1-4H3. The smallest absolute Gasteiger partial charge is 0.144 e. The summed E-state index contributed by atoms with van der Waals surface area (Å²) in [7, 11) is 0. The molecule has 0 aliphatic rings. The second-order valence-electron chi connectivity index (χ2n) is 8.72. The van der Waals surface area contributed by atoms with Gasteiger partial charge in [-0.2, -0.15) is 0 Å². The summed E-state index contributed by atoms with van der Waals surface area (Å²) >= 11 is 0. The highest BCUT2D eigenvalue weighted by Crippen LogP contribution is 2.41. The lowest BCUT2D eigenvalue weighted by Gasteiger charge is -2.13. The number of rotatable bonds is 5. The monoisotopic (exact) mass is 419 g/mol. The molecular formula is C30H29NO. The van der Waals surface area contributed by atoms with Gasteiger partial charge in [0.05, 0.1) is 5.69 Å². The van der Waals surface area contributed by atoms with Crippen molar-refractivity contribution in [2.45, 2.75) is 46.5 Å². The summed E-state index contributed by atoms with van der Waals surface area (Å²) in [6.45, 7) is 8.87. The normalized spacial score (nSPS) is 11.7. The summed E-state index contributed by atoms with van der Waals surface area (Å²) in [5.41, 5.74) is 10.3. The Morgan fingerprint density at radius 2 is 1.50 bits per heavy atom. The summed E-state index contributed by atoms with van der Waals surface area (Å²) < 4.78 is 6.49. The fourth-order valence-electron chi connectivity index (χ4n) is 5.11. The van der Waals surface area contributed by atoms with E-state index in [0.29, 0.717) is 5.92 Å². The van der Waals surface area contributed by atoms with Crippen molar-refractivity contribution in [2.75, 3.05) is 0 Å². The van der Waals surface area contributed by atoms with Gasteiger partial charge in [-0.15, -0.1) is 0 Å².